The molecule has 0 spiro atoms. The Hall–Kier alpha value is -1.93. The van der Waals surface area contributed by atoms with Crippen molar-refractivity contribution < 1.29 is 18.3 Å². The van der Waals surface area contributed by atoms with Gasteiger partial charge in [-0.05, 0) is 30.3 Å². The third-order valence-electron chi connectivity index (χ3n) is 2.36. The zero-order valence-corrected chi connectivity index (χ0v) is 12.3. The monoisotopic (exact) mass is 356 g/mol. The number of carboxylic acid groups (broad SMARTS) is 1. The number of rotatable bonds is 4. The Balaban J connectivity index is 2.26. The van der Waals surface area contributed by atoms with E-state index >= 15 is 0 Å². The summed E-state index contributed by atoms with van der Waals surface area (Å²) in [5.74, 6) is -1.08. The number of carboxylic acids is 1. The molecule has 0 fully saturated rings. The van der Waals surface area contributed by atoms with Gasteiger partial charge < -0.3 is 5.11 Å². The molecule has 0 aliphatic heterocycles. The topological polar surface area (TPSA) is 96.4 Å². The summed E-state index contributed by atoms with van der Waals surface area (Å²) in [6.07, 6.45) is 1.08. The smallest absolute Gasteiger partial charge is 0.337 e. The Morgan fingerprint density at radius 2 is 2.00 bits per heavy atom. The number of halogens is 1. The molecule has 20 heavy (non-hydrogen) atoms. The van der Waals surface area contributed by atoms with Gasteiger partial charge in [-0.2, -0.15) is 0 Å². The minimum absolute atomic E-state index is 0.0181. The van der Waals surface area contributed by atoms with Gasteiger partial charge in [0.15, 0.2) is 0 Å². The Kier molecular flexibility index (Phi) is 4.05. The van der Waals surface area contributed by atoms with Crippen LogP contribution in [0.2, 0.25) is 0 Å². The van der Waals surface area contributed by atoms with Crippen molar-refractivity contribution in [2.75, 3.05) is 4.72 Å². The Labute approximate surface area is 123 Å². The van der Waals surface area contributed by atoms with Gasteiger partial charge in [-0.1, -0.05) is 22.0 Å². The van der Waals surface area contributed by atoms with Crippen LogP contribution in [-0.2, 0) is 10.0 Å². The van der Waals surface area contributed by atoms with Crippen LogP contribution < -0.4 is 4.72 Å². The maximum absolute atomic E-state index is 12.1. The third kappa shape index (κ3) is 3.34. The molecule has 0 amide bonds. The molecule has 1 heterocycles. The largest absolute Gasteiger partial charge is 0.478 e. The summed E-state index contributed by atoms with van der Waals surface area (Å²) < 4.78 is 27.1. The highest BCUT2D eigenvalue weighted by molar-refractivity contribution is 9.10. The van der Waals surface area contributed by atoms with Crippen LogP contribution in [0.4, 0.5) is 5.82 Å². The van der Waals surface area contributed by atoms with Gasteiger partial charge in [-0.3, -0.25) is 4.72 Å². The molecule has 0 unspecified atom stereocenters. The lowest BCUT2D eigenvalue weighted by Crippen LogP contribution is -2.14. The molecule has 0 radical (unpaired) electrons. The molecule has 0 atom stereocenters. The van der Waals surface area contributed by atoms with E-state index in [0.717, 1.165) is 6.20 Å². The SMILES string of the molecule is O=C(O)c1ccc(NS(=O)(=O)c2cccc(Br)c2)nc1. The molecule has 8 heteroatoms. The predicted octanol–water partition coefficient (Wildman–Crippen LogP) is 2.34. The molecule has 2 rings (SSSR count). The third-order valence-corrected chi connectivity index (χ3v) is 4.20. The number of aromatic nitrogens is 1. The maximum Gasteiger partial charge on any atom is 0.337 e. The fourth-order valence-corrected chi connectivity index (χ4v) is 3.02. The van der Waals surface area contributed by atoms with Gasteiger partial charge in [0.1, 0.15) is 5.82 Å². The Morgan fingerprint density at radius 1 is 1.25 bits per heavy atom. The van der Waals surface area contributed by atoms with Gasteiger partial charge in [-0.25, -0.2) is 18.2 Å². The highest BCUT2D eigenvalue weighted by Gasteiger charge is 2.15. The van der Waals surface area contributed by atoms with Crippen molar-refractivity contribution in [3.8, 4) is 0 Å². The fourth-order valence-electron chi connectivity index (χ4n) is 1.41. The number of pyridine rings is 1. The van der Waals surface area contributed by atoms with Crippen LogP contribution in [0.3, 0.4) is 0 Å². The number of anilines is 1. The normalized spacial score (nSPS) is 11.1. The van der Waals surface area contributed by atoms with Crippen LogP contribution in [0.15, 0.2) is 52.0 Å². The molecule has 0 aliphatic rings. The van der Waals surface area contributed by atoms with Crippen molar-refractivity contribution in [2.24, 2.45) is 0 Å². The van der Waals surface area contributed by atoms with E-state index < -0.39 is 16.0 Å². The van der Waals surface area contributed by atoms with Gasteiger partial charge in [0.2, 0.25) is 0 Å². The summed E-state index contributed by atoms with van der Waals surface area (Å²) >= 11 is 3.19. The van der Waals surface area contributed by atoms with Crippen molar-refractivity contribution in [1.29, 1.82) is 0 Å². The summed E-state index contributed by atoms with van der Waals surface area (Å²) in [5.41, 5.74) is -0.0181. The average molecular weight is 357 g/mol. The van der Waals surface area contributed by atoms with Gasteiger partial charge >= 0.3 is 5.97 Å². The summed E-state index contributed by atoms with van der Waals surface area (Å²) in [6.45, 7) is 0. The first-order valence-electron chi connectivity index (χ1n) is 5.36. The second kappa shape index (κ2) is 5.59. The van der Waals surface area contributed by atoms with Gasteiger partial charge in [0.25, 0.3) is 10.0 Å². The molecule has 0 aliphatic carbocycles. The zero-order chi connectivity index (χ0) is 14.8. The summed E-state index contributed by atoms with van der Waals surface area (Å²) in [4.78, 5) is 14.5. The van der Waals surface area contributed by atoms with E-state index in [1.54, 1.807) is 12.1 Å². The molecule has 104 valence electrons. The van der Waals surface area contributed by atoms with Crippen molar-refractivity contribution in [3.05, 3.63) is 52.6 Å². The van der Waals surface area contributed by atoms with Crippen LogP contribution in [0.1, 0.15) is 10.4 Å². The first-order valence-corrected chi connectivity index (χ1v) is 7.64. The van der Waals surface area contributed by atoms with Crippen molar-refractivity contribution >= 4 is 37.7 Å². The lowest BCUT2D eigenvalue weighted by atomic mass is 10.3. The summed E-state index contributed by atoms with van der Waals surface area (Å²) in [5, 5.41) is 8.73. The lowest BCUT2D eigenvalue weighted by Gasteiger charge is -2.07. The van der Waals surface area contributed by atoms with Crippen molar-refractivity contribution in [3.63, 3.8) is 0 Å². The summed E-state index contributed by atoms with van der Waals surface area (Å²) in [6, 6.07) is 8.76. The minimum atomic E-state index is -3.76. The number of hydrogen-bond donors (Lipinski definition) is 2. The Bertz CT molecular complexity index is 744. The van der Waals surface area contributed by atoms with Crippen LogP contribution in [0, 0.1) is 0 Å². The second-order valence-corrected chi connectivity index (χ2v) is 6.40. The first-order chi connectivity index (χ1) is 9.38. The highest BCUT2D eigenvalue weighted by atomic mass is 79.9. The van der Waals surface area contributed by atoms with Crippen molar-refractivity contribution in [2.45, 2.75) is 4.90 Å². The molecule has 1 aromatic heterocycles. The van der Waals surface area contributed by atoms with E-state index in [4.69, 9.17) is 5.11 Å². The molecule has 0 saturated carbocycles. The number of carbonyl (C=O) groups is 1. The van der Waals surface area contributed by atoms with E-state index in [-0.39, 0.29) is 16.3 Å². The van der Waals surface area contributed by atoms with E-state index in [9.17, 15) is 13.2 Å². The standard InChI is InChI=1S/C12H9BrN2O4S/c13-9-2-1-3-10(6-9)20(18,19)15-11-5-4-8(7-14-11)12(16)17/h1-7H,(H,14,15)(H,16,17). The van der Waals surface area contributed by atoms with E-state index in [1.165, 1.54) is 24.3 Å². The molecule has 1 aromatic carbocycles. The summed E-state index contributed by atoms with van der Waals surface area (Å²) in [7, 11) is -3.76. The molecule has 6 nitrogen and oxygen atoms in total. The second-order valence-electron chi connectivity index (χ2n) is 3.80. The van der Waals surface area contributed by atoms with Crippen LogP contribution >= 0.6 is 15.9 Å². The fraction of sp³-hybridized carbons (Fsp3) is 0. The number of nitrogens with one attached hydrogen (secondary N) is 1. The number of nitrogens with zero attached hydrogens (tertiary/aromatic N) is 1. The van der Waals surface area contributed by atoms with E-state index in [1.807, 2.05) is 0 Å². The number of benzene rings is 1. The van der Waals surface area contributed by atoms with Gasteiger partial charge in [0, 0.05) is 10.7 Å². The van der Waals surface area contributed by atoms with Crippen molar-refractivity contribution in [1.82, 2.24) is 4.98 Å². The number of hydrogen-bond acceptors (Lipinski definition) is 4. The van der Waals surface area contributed by atoms with Crippen LogP contribution in [0.25, 0.3) is 0 Å². The molecule has 2 N–H and O–H groups in total. The van der Waals surface area contributed by atoms with Gasteiger partial charge in [-0.15, -0.1) is 0 Å². The quantitative estimate of drug-likeness (QED) is 0.876. The zero-order valence-electron chi connectivity index (χ0n) is 9.95. The molecule has 0 bridgehead atoms. The average Bonchev–Trinajstić information content (AvgIpc) is 2.39. The van der Waals surface area contributed by atoms with Gasteiger partial charge in [0.05, 0.1) is 10.5 Å². The first kappa shape index (κ1) is 14.5. The number of sulfonamides is 1. The van der Waals surface area contributed by atoms with E-state index in [2.05, 4.69) is 25.6 Å². The van der Waals surface area contributed by atoms with E-state index in [0.29, 0.717) is 4.47 Å². The Morgan fingerprint density at radius 3 is 2.55 bits per heavy atom. The maximum atomic E-state index is 12.1. The number of aromatic carboxylic acids is 1. The lowest BCUT2D eigenvalue weighted by molar-refractivity contribution is 0.0696. The minimum Gasteiger partial charge on any atom is -0.478 e. The highest BCUT2D eigenvalue weighted by Crippen LogP contribution is 2.18. The molecule has 2 aromatic rings. The van der Waals surface area contributed by atoms with Crippen LogP contribution in [0.5, 0.6) is 0 Å². The van der Waals surface area contributed by atoms with Crippen LogP contribution in [-0.4, -0.2) is 24.5 Å². The predicted molar refractivity (Wildman–Crippen MR) is 76.1 cm³/mol. The molecular weight excluding hydrogens is 348 g/mol. The molecular formula is C12H9BrN2O4S. The molecule has 0 saturated heterocycles.